The number of nitrogens with zero attached hydrogens (tertiary/aromatic N) is 2. The van der Waals surface area contributed by atoms with Crippen molar-refractivity contribution in [2.75, 3.05) is 6.54 Å². The van der Waals surface area contributed by atoms with Crippen molar-refractivity contribution < 1.29 is 10.3 Å². The first-order valence-electron chi connectivity index (χ1n) is 8.79. The van der Waals surface area contributed by atoms with Gasteiger partial charge in [0.2, 0.25) is 0 Å². The topological polar surface area (TPSA) is 64.8 Å². The Balaban J connectivity index is 1.69. The molecule has 5 nitrogen and oxygen atoms in total. The number of imidazole rings is 1. The molecule has 0 aliphatic carbocycles. The summed E-state index contributed by atoms with van der Waals surface area (Å²) in [7, 11) is 0. The normalized spacial score (nSPS) is 18.1. The highest BCUT2D eigenvalue weighted by Crippen LogP contribution is 2.28. The number of amides is 1. The second-order valence-electron chi connectivity index (χ2n) is 5.17. The van der Waals surface area contributed by atoms with Crippen LogP contribution in [0.3, 0.4) is 0 Å². The lowest BCUT2D eigenvalue weighted by Gasteiger charge is -2.26. The largest absolute Gasteiger partial charge is 0.358 e. The molecule has 106 valence electrons. The molecule has 2 N–H and O–H groups in total. The average molecular weight is 284 g/mol. The van der Waals surface area contributed by atoms with Gasteiger partial charge in [-0.2, -0.15) is 0 Å². The first-order chi connectivity index (χ1) is 11.8. The lowest BCUT2D eigenvalue weighted by molar-refractivity contribution is 0.0726. The highest BCUT2D eigenvalue weighted by Gasteiger charge is 2.28. The second kappa shape index (κ2) is 4.48. The summed E-state index contributed by atoms with van der Waals surface area (Å²) in [6.07, 6.45) is 0.454. The number of nitrogens with one attached hydrogen (secondary N) is 2. The Hall–Kier alpha value is -2.56. The third-order valence-electron chi connectivity index (χ3n) is 3.92. The summed E-state index contributed by atoms with van der Waals surface area (Å²) in [6.45, 7) is -1.85. The van der Waals surface area contributed by atoms with Crippen molar-refractivity contribution in [2.24, 2.45) is 0 Å². The number of benzene rings is 1. The van der Waals surface area contributed by atoms with Crippen LogP contribution in [0.5, 0.6) is 0 Å². The molecule has 0 radical (unpaired) electrons. The zero-order valence-electron chi connectivity index (χ0n) is 15.2. The van der Waals surface area contributed by atoms with E-state index >= 15 is 0 Å². The molecule has 0 unspecified atom stereocenters. The van der Waals surface area contributed by atoms with Crippen LogP contribution in [0.1, 0.15) is 32.9 Å². The van der Waals surface area contributed by atoms with Gasteiger partial charge in [0.15, 0.2) is 0 Å². The van der Waals surface area contributed by atoms with Crippen molar-refractivity contribution in [1.82, 2.24) is 19.9 Å². The Labute approximate surface area is 127 Å². The van der Waals surface area contributed by atoms with E-state index in [9.17, 15) is 4.79 Å². The zero-order chi connectivity index (χ0) is 17.8. The first kappa shape index (κ1) is 8.67. The third kappa shape index (κ3) is 1.85. The summed E-state index contributed by atoms with van der Waals surface area (Å²) in [6, 6.07) is 7.62. The standard InChI is InChI=1S/C16H16N4O/c1-10-14(18-9-17-10)8-20-7-6-13-15(16(20)21)11-4-2-3-5-12(11)19-13/h2-5,9,19H,6-8H2,1H3,(H,17,18)/i1D3,9D. The van der Waals surface area contributed by atoms with Gasteiger partial charge in [0.25, 0.3) is 5.91 Å². The van der Waals surface area contributed by atoms with Crippen LogP contribution in [0, 0.1) is 6.85 Å². The Bertz CT molecular complexity index is 972. The number of H-pyrrole nitrogens is 2. The molecular formula is C16H16N4O. The maximum absolute atomic E-state index is 12.9. The van der Waals surface area contributed by atoms with Gasteiger partial charge in [-0.3, -0.25) is 4.79 Å². The number of aromatic amines is 2. The minimum atomic E-state index is -2.40. The third-order valence-corrected chi connectivity index (χ3v) is 3.92. The first-order valence-corrected chi connectivity index (χ1v) is 6.79. The summed E-state index contributed by atoms with van der Waals surface area (Å²) in [4.78, 5) is 24.3. The minimum Gasteiger partial charge on any atom is -0.358 e. The summed E-state index contributed by atoms with van der Waals surface area (Å²) in [5, 5.41) is 0.867. The van der Waals surface area contributed by atoms with Gasteiger partial charge in [0, 0.05) is 39.4 Å². The number of aryl methyl sites for hydroxylation is 1. The van der Waals surface area contributed by atoms with Gasteiger partial charge >= 0.3 is 0 Å². The van der Waals surface area contributed by atoms with Crippen molar-refractivity contribution in [3.8, 4) is 0 Å². The molecule has 2 aromatic heterocycles. The van der Waals surface area contributed by atoms with Gasteiger partial charge in [0.1, 0.15) is 1.37 Å². The van der Waals surface area contributed by atoms with Crippen LogP contribution in [0.2, 0.25) is 0 Å². The molecule has 1 amide bonds. The fourth-order valence-corrected chi connectivity index (χ4v) is 2.86. The number of aromatic nitrogens is 3. The molecule has 4 rings (SSSR count). The van der Waals surface area contributed by atoms with Crippen LogP contribution >= 0.6 is 0 Å². The van der Waals surface area contributed by atoms with Crippen molar-refractivity contribution >= 4 is 16.8 Å². The lowest BCUT2D eigenvalue weighted by Crippen LogP contribution is -2.37. The number of para-hydroxylation sites is 1. The number of hydrogen-bond donors (Lipinski definition) is 2. The van der Waals surface area contributed by atoms with E-state index in [1.165, 1.54) is 0 Å². The molecule has 0 bridgehead atoms. The predicted octanol–water partition coefficient (Wildman–Crippen LogP) is 2.40. The van der Waals surface area contributed by atoms with Crippen LogP contribution in [-0.4, -0.2) is 32.3 Å². The van der Waals surface area contributed by atoms with Crippen LogP contribution in [0.4, 0.5) is 0 Å². The van der Waals surface area contributed by atoms with E-state index in [-0.39, 0.29) is 30.1 Å². The molecule has 5 heteroatoms. The quantitative estimate of drug-likeness (QED) is 0.759. The summed E-state index contributed by atoms with van der Waals surface area (Å²) in [5.74, 6) is -0.148. The summed E-state index contributed by atoms with van der Waals surface area (Å²) < 4.78 is 30.3. The van der Waals surface area contributed by atoms with Crippen LogP contribution in [0.15, 0.2) is 30.6 Å². The Morgan fingerprint density at radius 3 is 3.29 bits per heavy atom. The zero-order valence-corrected chi connectivity index (χ0v) is 11.2. The predicted molar refractivity (Wildman–Crippen MR) is 80.1 cm³/mol. The molecular weight excluding hydrogens is 264 g/mol. The average Bonchev–Trinajstić information content (AvgIpc) is 3.10. The Kier molecular flexibility index (Phi) is 1.85. The number of fused-ring (bicyclic) bond motifs is 3. The van der Waals surface area contributed by atoms with E-state index in [0.717, 1.165) is 16.6 Å². The monoisotopic (exact) mass is 284 g/mol. The smallest absolute Gasteiger partial charge is 0.256 e. The van der Waals surface area contributed by atoms with Gasteiger partial charge in [-0.1, -0.05) is 18.2 Å². The Morgan fingerprint density at radius 1 is 1.48 bits per heavy atom. The van der Waals surface area contributed by atoms with Crippen molar-refractivity contribution in [1.29, 1.82) is 0 Å². The van der Waals surface area contributed by atoms with Crippen LogP contribution in [-0.2, 0) is 13.0 Å². The van der Waals surface area contributed by atoms with Gasteiger partial charge in [-0.15, -0.1) is 0 Å². The number of carbonyl (C=O) groups excluding carboxylic acids is 1. The number of hydrogen-bond acceptors (Lipinski definition) is 2. The van der Waals surface area contributed by atoms with E-state index in [2.05, 4.69) is 15.0 Å². The highest BCUT2D eigenvalue weighted by atomic mass is 16.2. The molecule has 0 atom stereocenters. The minimum absolute atomic E-state index is 0.0703. The van der Waals surface area contributed by atoms with Gasteiger partial charge in [-0.05, 0) is 12.9 Å². The molecule has 0 saturated heterocycles. The molecule has 1 aliphatic heterocycles. The molecule has 3 aromatic rings. The van der Waals surface area contributed by atoms with E-state index in [0.29, 0.717) is 18.5 Å². The SMILES string of the molecule is [2H]c1nc(CN2CCc3[nH]c4ccccc4c3C2=O)c(C([2H])([2H])[2H])[nH]1. The molecule has 1 aliphatic rings. The fourth-order valence-electron chi connectivity index (χ4n) is 2.86. The van der Waals surface area contributed by atoms with Gasteiger partial charge < -0.3 is 14.9 Å². The maximum atomic E-state index is 12.9. The highest BCUT2D eigenvalue weighted by molar-refractivity contribution is 6.08. The molecule has 0 spiro atoms. The van der Waals surface area contributed by atoms with E-state index in [1.807, 2.05) is 24.3 Å². The second-order valence-corrected chi connectivity index (χ2v) is 5.17. The van der Waals surface area contributed by atoms with Crippen LogP contribution < -0.4 is 0 Å². The van der Waals surface area contributed by atoms with E-state index < -0.39 is 6.85 Å². The maximum Gasteiger partial charge on any atom is 0.256 e. The Morgan fingerprint density at radius 2 is 2.38 bits per heavy atom. The van der Waals surface area contributed by atoms with Crippen molar-refractivity contribution in [3.63, 3.8) is 0 Å². The lowest BCUT2D eigenvalue weighted by atomic mass is 10.0. The van der Waals surface area contributed by atoms with Crippen LogP contribution in [0.25, 0.3) is 10.9 Å². The summed E-state index contributed by atoms with van der Waals surface area (Å²) >= 11 is 0. The molecule has 1 aromatic carbocycles. The van der Waals surface area contributed by atoms with Gasteiger partial charge in [0.05, 0.1) is 24.1 Å². The van der Waals surface area contributed by atoms with E-state index in [1.54, 1.807) is 4.90 Å². The number of rotatable bonds is 2. The van der Waals surface area contributed by atoms with Crippen molar-refractivity contribution in [2.45, 2.75) is 19.8 Å². The summed E-state index contributed by atoms with van der Waals surface area (Å²) in [5.41, 5.74) is 2.61. The molecule has 3 heterocycles. The molecule has 21 heavy (non-hydrogen) atoms. The molecule has 0 saturated carbocycles. The fraction of sp³-hybridized carbons (Fsp3) is 0.250. The molecule has 0 fully saturated rings. The number of carbonyl (C=O) groups is 1. The van der Waals surface area contributed by atoms with Crippen molar-refractivity contribution in [3.05, 3.63) is 53.2 Å². The van der Waals surface area contributed by atoms with E-state index in [4.69, 9.17) is 5.48 Å². The van der Waals surface area contributed by atoms with Gasteiger partial charge in [-0.25, -0.2) is 4.98 Å².